The number of carbonyl (C=O) groups is 1. The van der Waals surface area contributed by atoms with Crippen molar-refractivity contribution in [2.45, 2.75) is 33.7 Å². The lowest BCUT2D eigenvalue weighted by Gasteiger charge is -2.10. The first-order valence-electron chi connectivity index (χ1n) is 7.81. The first-order valence-corrected chi connectivity index (χ1v) is 7.81. The van der Waals surface area contributed by atoms with E-state index in [4.69, 9.17) is 0 Å². The van der Waals surface area contributed by atoms with Crippen molar-refractivity contribution in [1.29, 1.82) is 0 Å². The third-order valence-electron chi connectivity index (χ3n) is 3.30. The summed E-state index contributed by atoms with van der Waals surface area (Å²) in [6, 6.07) is 5.42. The standard InChI is InChI=1S/C17H23N5O/c1-12(2)4-9-19-16-10-15(21-13(3)22-16)17(23)20-11-14-5-7-18-8-6-14/h5-8,10,12H,4,9,11H2,1-3H3,(H,20,23)(H,19,21,22). The number of carbonyl (C=O) groups excluding carboxylic acids is 1. The van der Waals surface area contributed by atoms with Crippen molar-refractivity contribution in [1.82, 2.24) is 20.3 Å². The molecule has 0 aliphatic heterocycles. The second-order valence-corrected chi connectivity index (χ2v) is 5.83. The van der Waals surface area contributed by atoms with Crippen molar-refractivity contribution in [3.05, 3.63) is 47.7 Å². The third-order valence-corrected chi connectivity index (χ3v) is 3.30. The molecule has 0 atom stereocenters. The van der Waals surface area contributed by atoms with Gasteiger partial charge in [0.25, 0.3) is 5.91 Å². The first-order chi connectivity index (χ1) is 11.0. The summed E-state index contributed by atoms with van der Waals surface area (Å²) in [7, 11) is 0. The fourth-order valence-corrected chi connectivity index (χ4v) is 2.04. The maximum atomic E-state index is 12.3. The molecule has 2 aromatic rings. The highest BCUT2D eigenvalue weighted by atomic mass is 16.1. The Balaban J connectivity index is 1.97. The molecule has 2 aromatic heterocycles. The number of anilines is 1. The lowest BCUT2D eigenvalue weighted by atomic mass is 10.1. The van der Waals surface area contributed by atoms with Gasteiger partial charge in [-0.05, 0) is 37.0 Å². The molecule has 0 bridgehead atoms. The SMILES string of the molecule is Cc1nc(NCCC(C)C)cc(C(=O)NCc2ccncc2)n1. The van der Waals surface area contributed by atoms with Gasteiger partial charge < -0.3 is 10.6 Å². The molecule has 2 rings (SSSR count). The zero-order valence-electron chi connectivity index (χ0n) is 13.8. The van der Waals surface area contributed by atoms with Crippen LogP contribution >= 0.6 is 0 Å². The predicted molar refractivity (Wildman–Crippen MR) is 90.1 cm³/mol. The highest BCUT2D eigenvalue weighted by Crippen LogP contribution is 2.08. The monoisotopic (exact) mass is 313 g/mol. The van der Waals surface area contributed by atoms with Gasteiger partial charge in [0.1, 0.15) is 17.3 Å². The van der Waals surface area contributed by atoms with E-state index in [2.05, 4.69) is 39.4 Å². The average molecular weight is 313 g/mol. The molecule has 0 aromatic carbocycles. The summed E-state index contributed by atoms with van der Waals surface area (Å²) in [6.45, 7) is 7.40. The number of pyridine rings is 1. The first kappa shape index (κ1) is 16.9. The van der Waals surface area contributed by atoms with Crippen LogP contribution in [0.25, 0.3) is 0 Å². The molecular weight excluding hydrogens is 290 g/mol. The van der Waals surface area contributed by atoms with Gasteiger partial charge >= 0.3 is 0 Å². The second-order valence-electron chi connectivity index (χ2n) is 5.83. The third kappa shape index (κ3) is 5.65. The number of hydrogen-bond donors (Lipinski definition) is 2. The number of nitrogens with one attached hydrogen (secondary N) is 2. The van der Waals surface area contributed by atoms with Crippen molar-refractivity contribution in [3.63, 3.8) is 0 Å². The number of nitrogens with zero attached hydrogens (tertiary/aromatic N) is 3. The Bertz CT molecular complexity index is 643. The van der Waals surface area contributed by atoms with Crippen molar-refractivity contribution < 1.29 is 4.79 Å². The Morgan fingerprint density at radius 1 is 1.22 bits per heavy atom. The summed E-state index contributed by atoms with van der Waals surface area (Å²) in [5, 5.41) is 6.11. The molecule has 0 spiro atoms. The van der Waals surface area contributed by atoms with Crippen LogP contribution < -0.4 is 10.6 Å². The largest absolute Gasteiger partial charge is 0.370 e. The lowest BCUT2D eigenvalue weighted by Crippen LogP contribution is -2.24. The van der Waals surface area contributed by atoms with Gasteiger partial charge in [0, 0.05) is 31.5 Å². The van der Waals surface area contributed by atoms with Crippen molar-refractivity contribution in [2.75, 3.05) is 11.9 Å². The van der Waals surface area contributed by atoms with Crippen molar-refractivity contribution >= 4 is 11.7 Å². The van der Waals surface area contributed by atoms with Crippen LogP contribution in [-0.2, 0) is 6.54 Å². The van der Waals surface area contributed by atoms with E-state index in [1.54, 1.807) is 25.4 Å². The number of rotatable bonds is 7. The van der Waals surface area contributed by atoms with Gasteiger partial charge in [-0.15, -0.1) is 0 Å². The Labute approximate surface area is 136 Å². The second kappa shape index (κ2) is 8.22. The normalized spacial score (nSPS) is 10.6. The van der Waals surface area contributed by atoms with Gasteiger partial charge in [-0.2, -0.15) is 0 Å². The smallest absolute Gasteiger partial charge is 0.270 e. The van der Waals surface area contributed by atoms with Crippen LogP contribution in [0.2, 0.25) is 0 Å². The average Bonchev–Trinajstić information content (AvgIpc) is 2.52. The quantitative estimate of drug-likeness (QED) is 0.821. The molecule has 6 nitrogen and oxygen atoms in total. The van der Waals surface area contributed by atoms with E-state index in [0.29, 0.717) is 29.8 Å². The molecule has 23 heavy (non-hydrogen) atoms. The summed E-state index contributed by atoms with van der Waals surface area (Å²) in [6.07, 6.45) is 4.45. The Morgan fingerprint density at radius 2 is 1.96 bits per heavy atom. The zero-order chi connectivity index (χ0) is 16.7. The van der Waals surface area contributed by atoms with E-state index in [1.807, 2.05) is 12.1 Å². The Morgan fingerprint density at radius 3 is 2.65 bits per heavy atom. The molecule has 2 N–H and O–H groups in total. The molecule has 0 fully saturated rings. The van der Waals surface area contributed by atoms with E-state index >= 15 is 0 Å². The summed E-state index contributed by atoms with van der Waals surface area (Å²) in [5.41, 5.74) is 1.37. The van der Waals surface area contributed by atoms with Gasteiger partial charge in [-0.1, -0.05) is 13.8 Å². The van der Waals surface area contributed by atoms with Crippen LogP contribution in [0.5, 0.6) is 0 Å². The fraction of sp³-hybridized carbons (Fsp3) is 0.412. The summed E-state index contributed by atoms with van der Waals surface area (Å²) < 4.78 is 0. The van der Waals surface area contributed by atoms with Gasteiger partial charge in [0.15, 0.2) is 0 Å². The molecule has 0 radical (unpaired) electrons. The van der Waals surface area contributed by atoms with E-state index in [9.17, 15) is 4.79 Å². The van der Waals surface area contributed by atoms with Gasteiger partial charge in [0.2, 0.25) is 0 Å². The summed E-state index contributed by atoms with van der Waals surface area (Å²) in [5.74, 6) is 1.67. The minimum absolute atomic E-state index is 0.209. The number of hydrogen-bond acceptors (Lipinski definition) is 5. The number of aryl methyl sites for hydroxylation is 1. The molecule has 0 saturated carbocycles. The summed E-state index contributed by atoms with van der Waals surface area (Å²) >= 11 is 0. The van der Waals surface area contributed by atoms with E-state index in [1.165, 1.54) is 0 Å². The minimum atomic E-state index is -0.209. The van der Waals surface area contributed by atoms with Crippen molar-refractivity contribution in [2.24, 2.45) is 5.92 Å². The van der Waals surface area contributed by atoms with Crippen LogP contribution in [0, 0.1) is 12.8 Å². The molecule has 0 aliphatic carbocycles. The predicted octanol–water partition coefficient (Wildman–Crippen LogP) is 2.57. The molecule has 0 aliphatic rings. The highest BCUT2D eigenvalue weighted by Gasteiger charge is 2.10. The fourth-order valence-electron chi connectivity index (χ4n) is 2.04. The maximum absolute atomic E-state index is 12.3. The van der Waals surface area contributed by atoms with Gasteiger partial charge in [-0.3, -0.25) is 9.78 Å². The Hall–Kier alpha value is -2.50. The van der Waals surface area contributed by atoms with Gasteiger partial charge in [-0.25, -0.2) is 9.97 Å². The zero-order valence-corrected chi connectivity index (χ0v) is 13.8. The minimum Gasteiger partial charge on any atom is -0.370 e. The highest BCUT2D eigenvalue weighted by molar-refractivity contribution is 5.92. The molecule has 122 valence electrons. The molecule has 0 saturated heterocycles. The van der Waals surface area contributed by atoms with Crippen molar-refractivity contribution in [3.8, 4) is 0 Å². The van der Waals surface area contributed by atoms with E-state index in [-0.39, 0.29) is 5.91 Å². The molecule has 6 heteroatoms. The van der Waals surface area contributed by atoms with Crippen LogP contribution in [0.4, 0.5) is 5.82 Å². The molecule has 1 amide bonds. The van der Waals surface area contributed by atoms with Crippen LogP contribution in [-0.4, -0.2) is 27.4 Å². The van der Waals surface area contributed by atoms with Gasteiger partial charge in [0.05, 0.1) is 0 Å². The van der Waals surface area contributed by atoms with Crippen LogP contribution in [0.15, 0.2) is 30.6 Å². The molecule has 0 unspecified atom stereocenters. The maximum Gasteiger partial charge on any atom is 0.270 e. The summed E-state index contributed by atoms with van der Waals surface area (Å²) in [4.78, 5) is 24.7. The Kier molecular flexibility index (Phi) is 6.02. The van der Waals surface area contributed by atoms with E-state index < -0.39 is 0 Å². The van der Waals surface area contributed by atoms with Crippen LogP contribution in [0.1, 0.15) is 42.1 Å². The topological polar surface area (TPSA) is 79.8 Å². The molecular formula is C17H23N5O. The number of amides is 1. The lowest BCUT2D eigenvalue weighted by molar-refractivity contribution is 0.0945. The van der Waals surface area contributed by atoms with E-state index in [0.717, 1.165) is 18.5 Å². The van der Waals surface area contributed by atoms with Crippen LogP contribution in [0.3, 0.4) is 0 Å². The number of aromatic nitrogens is 3. The molecule has 2 heterocycles.